The second-order valence-electron chi connectivity index (χ2n) is 4.92. The molecule has 1 aliphatic carbocycles. The molecule has 2 aliphatic rings. The Labute approximate surface area is 112 Å². The molecule has 18 heavy (non-hydrogen) atoms. The molecule has 2 atom stereocenters. The van der Waals surface area contributed by atoms with Gasteiger partial charge in [-0.05, 0) is 18.8 Å². The molecule has 0 radical (unpaired) electrons. The zero-order valence-electron chi connectivity index (χ0n) is 10.7. The van der Waals surface area contributed by atoms with Gasteiger partial charge in [0, 0.05) is 24.8 Å². The largest absolute Gasteiger partial charge is 0.350 e. The summed E-state index contributed by atoms with van der Waals surface area (Å²) in [6.07, 6.45) is 2.76. The van der Waals surface area contributed by atoms with Crippen LogP contribution in [-0.2, 0) is 9.59 Å². The zero-order chi connectivity index (χ0) is 13.1. The first kappa shape index (κ1) is 13.7. The summed E-state index contributed by atoms with van der Waals surface area (Å²) < 4.78 is 0. The van der Waals surface area contributed by atoms with Gasteiger partial charge in [-0.15, -0.1) is 11.8 Å². The van der Waals surface area contributed by atoms with E-state index in [1.54, 1.807) is 16.7 Å². The molecule has 2 fully saturated rings. The van der Waals surface area contributed by atoms with E-state index in [9.17, 15) is 9.59 Å². The van der Waals surface area contributed by atoms with Crippen molar-refractivity contribution in [3.63, 3.8) is 0 Å². The molecule has 1 saturated carbocycles. The zero-order valence-corrected chi connectivity index (χ0v) is 11.5. The molecule has 1 heterocycles. The molecule has 2 unspecified atom stereocenters. The highest BCUT2D eigenvalue weighted by Gasteiger charge is 2.37. The van der Waals surface area contributed by atoms with Gasteiger partial charge in [0.05, 0.1) is 5.88 Å². The summed E-state index contributed by atoms with van der Waals surface area (Å²) in [5.74, 6) is 1.88. The van der Waals surface area contributed by atoms with Crippen LogP contribution < -0.4 is 11.1 Å². The minimum atomic E-state index is -0.310. The highest BCUT2D eigenvalue weighted by Crippen LogP contribution is 2.32. The Morgan fingerprint density at radius 3 is 2.78 bits per heavy atom. The maximum absolute atomic E-state index is 12.2. The van der Waals surface area contributed by atoms with Crippen LogP contribution in [0.2, 0.25) is 0 Å². The lowest BCUT2D eigenvalue weighted by molar-refractivity contribution is -0.138. The number of carbonyl (C=O) groups excluding carboxylic acids is 2. The number of thioether (sulfide) groups is 1. The predicted molar refractivity (Wildman–Crippen MR) is 72.0 cm³/mol. The topological polar surface area (TPSA) is 75.4 Å². The van der Waals surface area contributed by atoms with Crippen LogP contribution in [0, 0.1) is 5.92 Å². The molecule has 102 valence electrons. The third-order valence-electron chi connectivity index (χ3n) is 3.58. The van der Waals surface area contributed by atoms with Crippen molar-refractivity contribution in [3.8, 4) is 0 Å². The molecule has 0 aromatic carbocycles. The van der Waals surface area contributed by atoms with Gasteiger partial charge >= 0.3 is 0 Å². The number of amides is 2. The van der Waals surface area contributed by atoms with Gasteiger partial charge in [-0.2, -0.15) is 0 Å². The lowest BCUT2D eigenvalue weighted by Gasteiger charge is -2.25. The molecule has 0 spiro atoms. The van der Waals surface area contributed by atoms with Crippen LogP contribution in [0.1, 0.15) is 26.2 Å². The van der Waals surface area contributed by atoms with Gasteiger partial charge in [-0.3, -0.25) is 9.59 Å². The fraction of sp³-hybridized carbons (Fsp3) is 0.833. The van der Waals surface area contributed by atoms with Crippen molar-refractivity contribution in [1.82, 2.24) is 10.2 Å². The predicted octanol–water partition coefficient (Wildman–Crippen LogP) is 0.151. The molecule has 6 heteroatoms. The summed E-state index contributed by atoms with van der Waals surface area (Å²) in [6.45, 7) is 2.31. The highest BCUT2D eigenvalue weighted by atomic mass is 32.2. The maximum Gasteiger partial charge on any atom is 0.243 e. The van der Waals surface area contributed by atoms with Gasteiger partial charge in [-0.1, -0.05) is 6.92 Å². The summed E-state index contributed by atoms with van der Waals surface area (Å²) in [6, 6.07) is -0.225. The van der Waals surface area contributed by atoms with E-state index in [1.165, 1.54) is 0 Å². The average molecular weight is 271 g/mol. The Morgan fingerprint density at radius 2 is 2.22 bits per heavy atom. The van der Waals surface area contributed by atoms with Crippen LogP contribution in [0.25, 0.3) is 0 Å². The maximum atomic E-state index is 12.2. The van der Waals surface area contributed by atoms with Crippen molar-refractivity contribution in [2.24, 2.45) is 11.7 Å². The first-order valence-corrected chi connectivity index (χ1v) is 7.70. The van der Waals surface area contributed by atoms with E-state index in [-0.39, 0.29) is 23.9 Å². The normalized spacial score (nSPS) is 25.0. The second-order valence-corrected chi connectivity index (χ2v) is 5.92. The molecule has 0 aromatic rings. The SMILES string of the molecule is CCC(=O)N1CSCC1C(=O)NC(CN)C1CC1. The Balaban J connectivity index is 1.92. The van der Waals surface area contributed by atoms with Crippen LogP contribution in [0.15, 0.2) is 0 Å². The Kier molecular flexibility index (Phi) is 4.50. The van der Waals surface area contributed by atoms with Gasteiger partial charge in [-0.25, -0.2) is 0 Å². The molecule has 3 N–H and O–H groups in total. The number of rotatable bonds is 5. The standard InChI is InChI=1S/C12H21N3O2S/c1-2-11(16)15-7-18-6-10(15)12(17)14-9(5-13)8-3-4-8/h8-10H,2-7,13H2,1H3,(H,14,17). The van der Waals surface area contributed by atoms with E-state index in [1.807, 2.05) is 6.92 Å². The van der Waals surface area contributed by atoms with Gasteiger partial charge in [0.25, 0.3) is 0 Å². The number of carbonyl (C=O) groups is 2. The fourth-order valence-corrected chi connectivity index (χ4v) is 3.44. The molecule has 0 bridgehead atoms. The molecule has 1 saturated heterocycles. The summed E-state index contributed by atoms with van der Waals surface area (Å²) in [5.41, 5.74) is 5.68. The second kappa shape index (κ2) is 5.93. The van der Waals surface area contributed by atoms with Crippen molar-refractivity contribution in [2.75, 3.05) is 18.2 Å². The smallest absolute Gasteiger partial charge is 0.243 e. The van der Waals surface area contributed by atoms with E-state index >= 15 is 0 Å². The third-order valence-corrected chi connectivity index (χ3v) is 4.59. The highest BCUT2D eigenvalue weighted by molar-refractivity contribution is 7.99. The van der Waals surface area contributed by atoms with Crippen LogP contribution in [0.4, 0.5) is 0 Å². The van der Waals surface area contributed by atoms with Crippen molar-refractivity contribution >= 4 is 23.6 Å². The Bertz CT molecular complexity index is 333. The molecule has 2 rings (SSSR count). The third kappa shape index (κ3) is 2.98. The van der Waals surface area contributed by atoms with Crippen molar-refractivity contribution < 1.29 is 9.59 Å². The Hall–Kier alpha value is -0.750. The number of nitrogens with two attached hydrogens (primary N) is 1. The summed E-state index contributed by atoms with van der Waals surface area (Å²) in [7, 11) is 0. The van der Waals surface area contributed by atoms with E-state index in [2.05, 4.69) is 5.32 Å². The minimum Gasteiger partial charge on any atom is -0.350 e. The van der Waals surface area contributed by atoms with Gasteiger partial charge in [0.15, 0.2) is 0 Å². The van der Waals surface area contributed by atoms with Gasteiger partial charge in [0.1, 0.15) is 6.04 Å². The quantitative estimate of drug-likeness (QED) is 0.746. The lowest BCUT2D eigenvalue weighted by atomic mass is 10.1. The summed E-state index contributed by atoms with van der Waals surface area (Å²) in [4.78, 5) is 25.6. The van der Waals surface area contributed by atoms with E-state index in [0.717, 1.165) is 12.8 Å². The van der Waals surface area contributed by atoms with E-state index in [4.69, 9.17) is 5.73 Å². The molecule has 2 amide bonds. The monoisotopic (exact) mass is 271 g/mol. The lowest BCUT2D eigenvalue weighted by Crippen LogP contribution is -2.52. The first-order chi connectivity index (χ1) is 8.67. The number of nitrogens with one attached hydrogen (secondary N) is 1. The average Bonchev–Trinajstić information content (AvgIpc) is 3.10. The molecular formula is C12H21N3O2S. The van der Waals surface area contributed by atoms with Crippen LogP contribution in [0.3, 0.4) is 0 Å². The number of nitrogens with zero attached hydrogens (tertiary/aromatic N) is 1. The van der Waals surface area contributed by atoms with E-state index in [0.29, 0.717) is 30.5 Å². The number of hydrogen-bond acceptors (Lipinski definition) is 4. The fourth-order valence-electron chi connectivity index (χ4n) is 2.26. The summed E-state index contributed by atoms with van der Waals surface area (Å²) >= 11 is 1.63. The van der Waals surface area contributed by atoms with Crippen LogP contribution in [0.5, 0.6) is 0 Å². The van der Waals surface area contributed by atoms with Gasteiger partial charge < -0.3 is 16.0 Å². The van der Waals surface area contributed by atoms with Crippen LogP contribution >= 0.6 is 11.8 Å². The molecular weight excluding hydrogens is 250 g/mol. The van der Waals surface area contributed by atoms with Crippen molar-refractivity contribution in [3.05, 3.63) is 0 Å². The number of hydrogen-bond donors (Lipinski definition) is 2. The molecule has 1 aliphatic heterocycles. The minimum absolute atomic E-state index is 0.0378. The van der Waals surface area contributed by atoms with Crippen molar-refractivity contribution in [2.45, 2.75) is 38.3 Å². The van der Waals surface area contributed by atoms with Crippen LogP contribution in [-0.4, -0.2) is 47.0 Å². The van der Waals surface area contributed by atoms with Crippen molar-refractivity contribution in [1.29, 1.82) is 0 Å². The Morgan fingerprint density at radius 1 is 1.50 bits per heavy atom. The van der Waals surface area contributed by atoms with Gasteiger partial charge in [0.2, 0.25) is 11.8 Å². The molecule has 5 nitrogen and oxygen atoms in total. The van der Waals surface area contributed by atoms with E-state index < -0.39 is 0 Å². The first-order valence-electron chi connectivity index (χ1n) is 6.55. The molecule has 0 aromatic heterocycles. The summed E-state index contributed by atoms with van der Waals surface area (Å²) in [5, 5.41) is 3.01.